The van der Waals surface area contributed by atoms with Gasteiger partial charge >= 0.3 is 0 Å². The Morgan fingerprint density at radius 1 is 1.31 bits per heavy atom. The van der Waals surface area contributed by atoms with Crippen LogP contribution in [0.1, 0.15) is 26.3 Å². The number of methoxy groups -OCH3 is 1. The number of halogens is 1. The van der Waals surface area contributed by atoms with Gasteiger partial charge in [0, 0.05) is 27.2 Å². The molecule has 7 nitrogen and oxygen atoms in total. The number of nitrogens with two attached hydrogens (primary N) is 1. The van der Waals surface area contributed by atoms with Crippen molar-refractivity contribution < 1.29 is 14.3 Å². The van der Waals surface area contributed by atoms with E-state index in [0.29, 0.717) is 24.8 Å². The first kappa shape index (κ1) is 24.5. The highest BCUT2D eigenvalue weighted by Crippen LogP contribution is 2.20. The van der Waals surface area contributed by atoms with E-state index in [4.69, 9.17) is 15.2 Å². The monoisotopic (exact) mass is 478 g/mol. The van der Waals surface area contributed by atoms with E-state index in [1.807, 2.05) is 18.2 Å². The molecule has 148 valence electrons. The second-order valence-corrected chi connectivity index (χ2v) is 6.80. The van der Waals surface area contributed by atoms with E-state index >= 15 is 0 Å². The fourth-order valence-corrected chi connectivity index (χ4v) is 2.24. The summed E-state index contributed by atoms with van der Waals surface area (Å²) >= 11 is 0. The molecule has 1 atom stereocenters. The van der Waals surface area contributed by atoms with Gasteiger partial charge < -0.3 is 25.8 Å². The number of aliphatic imine (C=N–C) groups is 1. The average Bonchev–Trinajstić information content (AvgIpc) is 2.55. The van der Waals surface area contributed by atoms with Crippen molar-refractivity contribution in [3.63, 3.8) is 0 Å². The summed E-state index contributed by atoms with van der Waals surface area (Å²) in [6.07, 6.45) is 0.0663. The number of carbonyl (C=O) groups excluding carboxylic acids is 1. The molecule has 26 heavy (non-hydrogen) atoms. The van der Waals surface area contributed by atoms with Gasteiger partial charge in [-0.25, -0.2) is 0 Å². The Kier molecular flexibility index (Phi) is 11.2. The molecule has 0 saturated carbocycles. The molecule has 0 aliphatic carbocycles. The Balaban J connectivity index is 0.00000625. The fourth-order valence-electron chi connectivity index (χ4n) is 2.24. The normalized spacial score (nSPS) is 12.7. The first-order valence-corrected chi connectivity index (χ1v) is 8.23. The standard InChI is InChI=1S/C18H30N4O3.HI/c1-18(2,3)15(24-5)11-22-17(20-4)21-10-13-7-6-8-14(9-13)25-12-16(19)23;/h6-9,15H,10-12H2,1-5H3,(H2,19,23)(H2,20,21,22);1H. The Hall–Kier alpha value is -1.55. The van der Waals surface area contributed by atoms with Crippen LogP contribution in [0.4, 0.5) is 0 Å². The van der Waals surface area contributed by atoms with E-state index in [9.17, 15) is 4.79 Å². The zero-order chi connectivity index (χ0) is 18.9. The average molecular weight is 478 g/mol. The van der Waals surface area contributed by atoms with Gasteiger partial charge in [-0.2, -0.15) is 0 Å². The minimum atomic E-state index is -0.500. The number of nitrogens with zero attached hydrogens (tertiary/aromatic N) is 1. The molecule has 1 amide bonds. The van der Waals surface area contributed by atoms with E-state index in [1.165, 1.54) is 0 Å². The number of ether oxygens (including phenoxy) is 2. The lowest BCUT2D eigenvalue weighted by Crippen LogP contribution is -2.45. The summed E-state index contributed by atoms with van der Waals surface area (Å²) in [4.78, 5) is 15.0. The largest absolute Gasteiger partial charge is 0.484 e. The molecule has 4 N–H and O–H groups in total. The Morgan fingerprint density at radius 3 is 2.54 bits per heavy atom. The maximum absolute atomic E-state index is 10.8. The molecule has 0 heterocycles. The third kappa shape index (κ3) is 9.23. The van der Waals surface area contributed by atoms with Crippen LogP contribution >= 0.6 is 24.0 Å². The number of benzene rings is 1. The van der Waals surface area contributed by atoms with Gasteiger partial charge in [0.2, 0.25) is 0 Å². The van der Waals surface area contributed by atoms with Crippen LogP contribution in [-0.2, 0) is 16.1 Å². The number of amides is 1. The van der Waals surface area contributed by atoms with Crippen molar-refractivity contribution in [3.05, 3.63) is 29.8 Å². The fraction of sp³-hybridized carbons (Fsp3) is 0.556. The number of rotatable bonds is 8. The number of primary amides is 1. The first-order valence-electron chi connectivity index (χ1n) is 8.23. The van der Waals surface area contributed by atoms with Crippen molar-refractivity contribution >= 4 is 35.8 Å². The van der Waals surface area contributed by atoms with Gasteiger partial charge in [-0.1, -0.05) is 32.9 Å². The van der Waals surface area contributed by atoms with Gasteiger partial charge in [-0.15, -0.1) is 24.0 Å². The highest BCUT2D eigenvalue weighted by molar-refractivity contribution is 14.0. The molecular weight excluding hydrogens is 447 g/mol. The number of nitrogens with one attached hydrogen (secondary N) is 2. The summed E-state index contributed by atoms with van der Waals surface area (Å²) < 4.78 is 10.8. The van der Waals surface area contributed by atoms with Gasteiger partial charge in [-0.05, 0) is 23.1 Å². The summed E-state index contributed by atoms with van der Waals surface area (Å²) in [6.45, 7) is 7.50. The topological polar surface area (TPSA) is 98.0 Å². The van der Waals surface area contributed by atoms with Gasteiger partial charge in [0.05, 0.1) is 6.10 Å². The summed E-state index contributed by atoms with van der Waals surface area (Å²) in [7, 11) is 3.44. The van der Waals surface area contributed by atoms with Crippen LogP contribution in [0, 0.1) is 5.41 Å². The molecule has 0 saturated heterocycles. The molecule has 1 aromatic rings. The molecule has 1 rings (SSSR count). The quantitative estimate of drug-likeness (QED) is 0.301. The van der Waals surface area contributed by atoms with Crippen LogP contribution in [0.3, 0.4) is 0 Å². The molecule has 0 radical (unpaired) electrons. The second kappa shape index (κ2) is 11.9. The summed E-state index contributed by atoms with van der Waals surface area (Å²) in [5.74, 6) is 0.794. The lowest BCUT2D eigenvalue weighted by molar-refractivity contribution is -0.119. The second-order valence-electron chi connectivity index (χ2n) is 6.80. The lowest BCUT2D eigenvalue weighted by Gasteiger charge is -2.30. The van der Waals surface area contributed by atoms with Crippen molar-refractivity contribution in [2.45, 2.75) is 33.4 Å². The first-order chi connectivity index (χ1) is 11.8. The molecule has 0 bridgehead atoms. The summed E-state index contributed by atoms with van der Waals surface area (Å²) in [5.41, 5.74) is 6.12. The van der Waals surface area contributed by atoms with E-state index in [-0.39, 0.29) is 42.1 Å². The number of carbonyl (C=O) groups is 1. The Bertz CT molecular complexity index is 588. The van der Waals surface area contributed by atoms with Gasteiger partial charge in [0.15, 0.2) is 12.6 Å². The molecular formula is C18H31IN4O3. The van der Waals surface area contributed by atoms with E-state index < -0.39 is 5.91 Å². The van der Waals surface area contributed by atoms with Crippen molar-refractivity contribution in [2.75, 3.05) is 27.3 Å². The molecule has 0 fully saturated rings. The number of guanidine groups is 1. The van der Waals surface area contributed by atoms with Crippen molar-refractivity contribution in [2.24, 2.45) is 16.1 Å². The summed E-state index contributed by atoms with van der Waals surface area (Å²) in [5, 5.41) is 6.52. The van der Waals surface area contributed by atoms with Gasteiger partial charge in [0.1, 0.15) is 5.75 Å². The highest BCUT2D eigenvalue weighted by Gasteiger charge is 2.24. The van der Waals surface area contributed by atoms with Crippen molar-refractivity contribution in [3.8, 4) is 5.75 Å². The molecule has 8 heteroatoms. The maximum atomic E-state index is 10.8. The minimum Gasteiger partial charge on any atom is -0.484 e. The zero-order valence-electron chi connectivity index (χ0n) is 16.2. The van der Waals surface area contributed by atoms with Crippen LogP contribution < -0.4 is 21.1 Å². The smallest absolute Gasteiger partial charge is 0.255 e. The molecule has 1 aromatic carbocycles. The van der Waals surface area contributed by atoms with Crippen LogP contribution in [-0.4, -0.2) is 45.3 Å². The molecule has 1 unspecified atom stereocenters. The molecule has 0 aromatic heterocycles. The zero-order valence-corrected chi connectivity index (χ0v) is 18.5. The predicted octanol–water partition coefficient (Wildman–Crippen LogP) is 1.89. The Morgan fingerprint density at radius 2 is 2.00 bits per heavy atom. The number of hydrogen-bond donors (Lipinski definition) is 3. The highest BCUT2D eigenvalue weighted by atomic mass is 127. The third-order valence-electron chi connectivity index (χ3n) is 3.67. The predicted molar refractivity (Wildman–Crippen MR) is 115 cm³/mol. The maximum Gasteiger partial charge on any atom is 0.255 e. The summed E-state index contributed by atoms with van der Waals surface area (Å²) in [6, 6.07) is 7.47. The minimum absolute atomic E-state index is 0. The van der Waals surface area contributed by atoms with Gasteiger partial charge in [0.25, 0.3) is 5.91 Å². The van der Waals surface area contributed by atoms with Crippen LogP contribution in [0.15, 0.2) is 29.3 Å². The molecule has 0 aliphatic rings. The van der Waals surface area contributed by atoms with Gasteiger partial charge in [-0.3, -0.25) is 9.79 Å². The van der Waals surface area contributed by atoms with E-state index in [0.717, 1.165) is 5.56 Å². The third-order valence-corrected chi connectivity index (χ3v) is 3.67. The van der Waals surface area contributed by atoms with E-state index in [1.54, 1.807) is 20.2 Å². The van der Waals surface area contributed by atoms with Crippen LogP contribution in [0.5, 0.6) is 5.75 Å². The van der Waals surface area contributed by atoms with Crippen LogP contribution in [0.25, 0.3) is 0 Å². The van der Waals surface area contributed by atoms with Crippen molar-refractivity contribution in [1.82, 2.24) is 10.6 Å². The lowest BCUT2D eigenvalue weighted by atomic mass is 9.89. The Labute approximate surface area is 173 Å². The SMILES string of the molecule is CN=C(NCc1cccc(OCC(N)=O)c1)NCC(OC)C(C)(C)C.I. The number of hydrogen-bond acceptors (Lipinski definition) is 4. The molecule has 0 spiro atoms. The van der Waals surface area contributed by atoms with E-state index in [2.05, 4.69) is 36.4 Å². The molecule has 0 aliphatic heterocycles. The van der Waals surface area contributed by atoms with Crippen molar-refractivity contribution in [1.29, 1.82) is 0 Å². The van der Waals surface area contributed by atoms with Crippen LogP contribution in [0.2, 0.25) is 0 Å².